The topological polar surface area (TPSA) is 110 Å². The van der Waals surface area contributed by atoms with E-state index in [4.69, 9.17) is 10.8 Å². The molecule has 1 rings (SSSR count). The van der Waals surface area contributed by atoms with Crippen molar-refractivity contribution >= 4 is 22.3 Å². The van der Waals surface area contributed by atoms with Crippen molar-refractivity contribution < 1.29 is 18.3 Å². The van der Waals surface area contributed by atoms with E-state index in [-0.39, 0.29) is 0 Å². The Morgan fingerprint density at radius 2 is 1.79 bits per heavy atom. The zero-order chi connectivity index (χ0) is 11.0. The SMILES string of the molecule is Nc1ccccc1.O=C(O)N=S(=O)=O. The minimum Gasteiger partial charge on any atom is -0.463 e. The third kappa shape index (κ3) is 8.21. The fraction of sp³-hybridized carbons (Fsp3) is 0. The lowest BCUT2D eigenvalue weighted by Gasteiger charge is -1.83. The van der Waals surface area contributed by atoms with Crippen LogP contribution in [0.1, 0.15) is 0 Å². The van der Waals surface area contributed by atoms with Crippen LogP contribution >= 0.6 is 0 Å². The monoisotopic (exact) mass is 216 g/mol. The van der Waals surface area contributed by atoms with Gasteiger partial charge in [0.15, 0.2) is 0 Å². The molecule has 0 aromatic heterocycles. The second-order valence-electron chi connectivity index (χ2n) is 2.00. The summed E-state index contributed by atoms with van der Waals surface area (Å²) < 4.78 is 20.6. The van der Waals surface area contributed by atoms with Gasteiger partial charge in [-0.1, -0.05) is 22.6 Å². The highest BCUT2D eigenvalue weighted by Crippen LogP contribution is 1.95. The van der Waals surface area contributed by atoms with Crippen molar-refractivity contribution in [3.05, 3.63) is 30.3 Å². The van der Waals surface area contributed by atoms with Crippen LogP contribution in [0.25, 0.3) is 0 Å². The maximum atomic E-state index is 9.26. The lowest BCUT2D eigenvalue weighted by Crippen LogP contribution is -1.80. The summed E-state index contributed by atoms with van der Waals surface area (Å²) in [5.74, 6) is 0. The molecule has 6 nitrogen and oxygen atoms in total. The molecule has 1 amide bonds. The lowest BCUT2D eigenvalue weighted by molar-refractivity contribution is 0.206. The maximum Gasteiger partial charge on any atom is 0.446 e. The second-order valence-corrected chi connectivity index (χ2v) is 2.62. The number of rotatable bonds is 0. The molecular formula is C7H8N2O4S. The fourth-order valence-electron chi connectivity index (χ4n) is 0.517. The van der Waals surface area contributed by atoms with Gasteiger partial charge in [0.2, 0.25) is 0 Å². The van der Waals surface area contributed by atoms with E-state index in [2.05, 4.69) is 4.36 Å². The summed E-state index contributed by atoms with van der Waals surface area (Å²) >= 11 is 0. The molecule has 0 aliphatic heterocycles. The van der Waals surface area contributed by atoms with Gasteiger partial charge in [-0.25, -0.2) is 4.79 Å². The van der Waals surface area contributed by atoms with Crippen molar-refractivity contribution in [3.8, 4) is 0 Å². The highest BCUT2D eigenvalue weighted by atomic mass is 32.2. The van der Waals surface area contributed by atoms with Gasteiger partial charge in [-0.3, -0.25) is 0 Å². The van der Waals surface area contributed by atoms with E-state index in [0.29, 0.717) is 0 Å². The van der Waals surface area contributed by atoms with Crippen molar-refractivity contribution in [2.24, 2.45) is 4.36 Å². The number of para-hydroxylation sites is 1. The summed E-state index contributed by atoms with van der Waals surface area (Å²) in [7, 11) is -2.82. The van der Waals surface area contributed by atoms with Crippen LogP contribution in [-0.4, -0.2) is 19.6 Å². The molecule has 0 heterocycles. The number of amides is 1. The van der Waals surface area contributed by atoms with E-state index >= 15 is 0 Å². The van der Waals surface area contributed by atoms with Gasteiger partial charge in [0.05, 0.1) is 0 Å². The summed E-state index contributed by atoms with van der Waals surface area (Å²) in [6.45, 7) is 0. The first kappa shape index (κ1) is 12.1. The molecule has 0 radical (unpaired) electrons. The van der Waals surface area contributed by atoms with Crippen LogP contribution in [-0.2, 0) is 10.5 Å². The highest BCUT2D eigenvalue weighted by molar-refractivity contribution is 7.62. The molecule has 0 saturated carbocycles. The smallest absolute Gasteiger partial charge is 0.446 e. The Morgan fingerprint density at radius 3 is 1.93 bits per heavy atom. The Labute approximate surface area is 81.7 Å². The standard InChI is InChI=1S/C6H7N.CHNO4S/c7-6-4-2-1-3-5-6;3-1(4)2-7(5)6/h1-5H,7H2;(H,3,4). The lowest BCUT2D eigenvalue weighted by atomic mass is 10.3. The quantitative estimate of drug-likeness (QED) is 0.628. The van der Waals surface area contributed by atoms with E-state index < -0.39 is 16.6 Å². The summed E-state index contributed by atoms with van der Waals surface area (Å²) in [6, 6.07) is 9.49. The van der Waals surface area contributed by atoms with Crippen molar-refractivity contribution in [2.75, 3.05) is 5.73 Å². The number of nitrogens with zero attached hydrogens (tertiary/aromatic N) is 1. The molecule has 0 unspecified atom stereocenters. The van der Waals surface area contributed by atoms with E-state index in [9.17, 15) is 13.2 Å². The zero-order valence-electron chi connectivity index (χ0n) is 6.99. The first-order valence-corrected chi connectivity index (χ1v) is 4.40. The third-order valence-corrected chi connectivity index (χ3v) is 1.26. The maximum absolute atomic E-state index is 9.26. The molecule has 1 aromatic carbocycles. The fourth-order valence-corrected chi connectivity index (χ4v) is 0.644. The number of nitrogens with two attached hydrogens (primary N) is 1. The van der Waals surface area contributed by atoms with Gasteiger partial charge in [-0.05, 0) is 12.1 Å². The predicted molar refractivity (Wildman–Crippen MR) is 50.2 cm³/mol. The number of benzene rings is 1. The van der Waals surface area contributed by atoms with Crippen molar-refractivity contribution in [1.82, 2.24) is 0 Å². The average molecular weight is 216 g/mol. The van der Waals surface area contributed by atoms with Crippen LogP contribution in [0.3, 0.4) is 0 Å². The Bertz CT molecular complexity index is 405. The van der Waals surface area contributed by atoms with Crippen LogP contribution in [0, 0.1) is 0 Å². The molecule has 0 fully saturated rings. The first-order chi connectivity index (χ1) is 6.52. The van der Waals surface area contributed by atoms with E-state index in [0.717, 1.165) is 5.69 Å². The molecule has 3 N–H and O–H groups in total. The third-order valence-electron chi connectivity index (χ3n) is 0.952. The molecule has 76 valence electrons. The number of hydrogen-bond donors (Lipinski definition) is 2. The van der Waals surface area contributed by atoms with Crippen molar-refractivity contribution in [1.29, 1.82) is 0 Å². The van der Waals surface area contributed by atoms with Crippen molar-refractivity contribution in [2.45, 2.75) is 0 Å². The largest absolute Gasteiger partial charge is 0.463 e. The molecule has 0 aliphatic rings. The van der Waals surface area contributed by atoms with Gasteiger partial charge in [0.1, 0.15) is 0 Å². The molecule has 1 aromatic rings. The second kappa shape index (κ2) is 6.61. The average Bonchev–Trinajstić information content (AvgIpc) is 2.03. The molecule has 0 atom stereocenters. The summed E-state index contributed by atoms with van der Waals surface area (Å²) in [6.07, 6.45) is -1.70. The van der Waals surface area contributed by atoms with Crippen LogP contribution in [0.5, 0.6) is 0 Å². The summed E-state index contributed by atoms with van der Waals surface area (Å²) in [5, 5.41) is 7.52. The van der Waals surface area contributed by atoms with Gasteiger partial charge in [0.25, 0.3) is 0 Å². The van der Waals surface area contributed by atoms with Crippen LogP contribution in [0.2, 0.25) is 0 Å². The predicted octanol–water partition coefficient (Wildman–Crippen LogP) is 0.996. The van der Waals surface area contributed by atoms with E-state index in [1.165, 1.54) is 0 Å². The highest BCUT2D eigenvalue weighted by Gasteiger charge is 1.84. The molecular weight excluding hydrogens is 208 g/mol. The Kier molecular flexibility index (Phi) is 5.72. The molecule has 0 saturated heterocycles. The minimum atomic E-state index is -2.82. The number of carbonyl (C=O) groups is 1. The molecule has 0 aliphatic carbocycles. The molecule has 7 heteroatoms. The Morgan fingerprint density at radius 1 is 1.29 bits per heavy atom. The molecule has 0 spiro atoms. The Hall–Kier alpha value is -1.89. The van der Waals surface area contributed by atoms with Gasteiger partial charge >= 0.3 is 16.6 Å². The van der Waals surface area contributed by atoms with Gasteiger partial charge in [0, 0.05) is 5.69 Å². The summed E-state index contributed by atoms with van der Waals surface area (Å²) in [4.78, 5) is 9.25. The number of carboxylic acid groups (broad SMARTS) is 1. The Balaban J connectivity index is 0.000000241. The van der Waals surface area contributed by atoms with E-state index in [1.807, 2.05) is 30.3 Å². The van der Waals surface area contributed by atoms with Crippen LogP contribution < -0.4 is 5.73 Å². The van der Waals surface area contributed by atoms with Crippen LogP contribution in [0.15, 0.2) is 34.7 Å². The van der Waals surface area contributed by atoms with Gasteiger partial charge in [-0.15, -0.1) is 0 Å². The van der Waals surface area contributed by atoms with Gasteiger partial charge < -0.3 is 10.8 Å². The van der Waals surface area contributed by atoms with Gasteiger partial charge in [-0.2, -0.15) is 8.42 Å². The normalized spacial score (nSPS) is 8.00. The molecule has 14 heavy (non-hydrogen) atoms. The minimum absolute atomic E-state index is 0.822. The first-order valence-electron chi connectivity index (χ1n) is 3.37. The number of anilines is 1. The summed E-state index contributed by atoms with van der Waals surface area (Å²) in [5.41, 5.74) is 6.18. The number of nitrogen functional groups attached to an aromatic ring is 1. The van der Waals surface area contributed by atoms with E-state index in [1.54, 1.807) is 0 Å². The van der Waals surface area contributed by atoms with Crippen LogP contribution in [0.4, 0.5) is 10.5 Å². The molecule has 0 bridgehead atoms. The zero-order valence-corrected chi connectivity index (χ0v) is 7.81. The number of hydrogen-bond acceptors (Lipinski definition) is 4. The van der Waals surface area contributed by atoms with Crippen molar-refractivity contribution in [3.63, 3.8) is 0 Å².